The molecule has 3 aromatic carbocycles. The third-order valence-electron chi connectivity index (χ3n) is 5.28. The second-order valence-corrected chi connectivity index (χ2v) is 7.70. The zero-order valence-corrected chi connectivity index (χ0v) is 17.9. The van der Waals surface area contributed by atoms with E-state index in [4.69, 9.17) is 16.3 Å². The standard InChI is InChI=1S/C26H22ClNO3/c1-2-23-22(16-25(29)31-17-18-8-4-3-5-9-18)21-10-6-7-11-24(21)28(23)26(30)19-12-14-20(27)15-13-19/h3-15H,2,16-17H2,1H3. The van der Waals surface area contributed by atoms with Crippen molar-refractivity contribution < 1.29 is 14.3 Å². The van der Waals surface area contributed by atoms with E-state index in [1.54, 1.807) is 28.8 Å². The number of carbonyl (C=O) groups excluding carboxylic acids is 2. The van der Waals surface area contributed by atoms with Gasteiger partial charge < -0.3 is 4.74 Å². The van der Waals surface area contributed by atoms with Gasteiger partial charge in [-0.1, -0.05) is 67.1 Å². The van der Waals surface area contributed by atoms with Crippen LogP contribution in [-0.4, -0.2) is 16.4 Å². The van der Waals surface area contributed by atoms with Crippen molar-refractivity contribution >= 4 is 34.4 Å². The van der Waals surface area contributed by atoms with E-state index in [-0.39, 0.29) is 24.9 Å². The van der Waals surface area contributed by atoms with Crippen molar-refractivity contribution in [3.63, 3.8) is 0 Å². The minimum atomic E-state index is -0.319. The number of rotatable bonds is 6. The maximum absolute atomic E-state index is 13.4. The molecule has 4 aromatic rings. The summed E-state index contributed by atoms with van der Waals surface area (Å²) >= 11 is 5.98. The molecule has 0 amide bonds. The lowest BCUT2D eigenvalue weighted by Crippen LogP contribution is -2.16. The molecule has 0 saturated carbocycles. The van der Waals surface area contributed by atoms with Crippen molar-refractivity contribution in [3.05, 3.63) is 106 Å². The molecular formula is C26H22ClNO3. The Bertz CT molecular complexity index is 1230. The van der Waals surface area contributed by atoms with E-state index in [0.29, 0.717) is 17.0 Å². The number of nitrogens with zero attached hydrogens (tertiary/aromatic N) is 1. The van der Waals surface area contributed by atoms with Crippen LogP contribution in [0.15, 0.2) is 78.9 Å². The Morgan fingerprint density at radius 3 is 2.29 bits per heavy atom. The summed E-state index contributed by atoms with van der Waals surface area (Å²) in [6.45, 7) is 2.21. The van der Waals surface area contributed by atoms with Gasteiger partial charge in [-0.15, -0.1) is 0 Å². The van der Waals surface area contributed by atoms with Gasteiger partial charge in [-0.3, -0.25) is 14.2 Å². The van der Waals surface area contributed by atoms with Crippen LogP contribution in [0.1, 0.15) is 34.1 Å². The van der Waals surface area contributed by atoms with E-state index < -0.39 is 0 Å². The van der Waals surface area contributed by atoms with E-state index >= 15 is 0 Å². The summed E-state index contributed by atoms with van der Waals surface area (Å²) in [5, 5.41) is 1.46. The molecule has 0 atom stereocenters. The Morgan fingerprint density at radius 2 is 1.58 bits per heavy atom. The number of hydrogen-bond donors (Lipinski definition) is 0. The number of carbonyl (C=O) groups is 2. The molecule has 0 unspecified atom stereocenters. The lowest BCUT2D eigenvalue weighted by molar-refractivity contribution is -0.144. The normalized spacial score (nSPS) is 10.9. The predicted octanol–water partition coefficient (Wildman–Crippen LogP) is 5.83. The van der Waals surface area contributed by atoms with E-state index in [1.165, 1.54) is 0 Å². The van der Waals surface area contributed by atoms with Gasteiger partial charge in [0, 0.05) is 21.7 Å². The Labute approximate surface area is 186 Å². The van der Waals surface area contributed by atoms with Gasteiger partial charge in [0.1, 0.15) is 6.61 Å². The summed E-state index contributed by atoms with van der Waals surface area (Å²) in [4.78, 5) is 26.0. The van der Waals surface area contributed by atoms with Crippen LogP contribution in [0.5, 0.6) is 0 Å². The summed E-state index contributed by atoms with van der Waals surface area (Å²) in [6.07, 6.45) is 0.715. The fourth-order valence-corrected chi connectivity index (χ4v) is 3.94. The second-order valence-electron chi connectivity index (χ2n) is 7.27. The topological polar surface area (TPSA) is 48.3 Å². The summed E-state index contributed by atoms with van der Waals surface area (Å²) in [5.74, 6) is -0.464. The molecule has 31 heavy (non-hydrogen) atoms. The molecular weight excluding hydrogens is 410 g/mol. The van der Waals surface area contributed by atoms with Gasteiger partial charge in [-0.2, -0.15) is 0 Å². The summed E-state index contributed by atoms with van der Waals surface area (Å²) in [6, 6.07) is 24.1. The zero-order chi connectivity index (χ0) is 21.8. The second kappa shape index (κ2) is 9.19. The van der Waals surface area contributed by atoms with Gasteiger partial charge in [0.05, 0.1) is 11.9 Å². The minimum Gasteiger partial charge on any atom is -0.461 e. The smallest absolute Gasteiger partial charge is 0.310 e. The molecule has 0 radical (unpaired) electrons. The number of benzene rings is 3. The van der Waals surface area contributed by atoms with Crippen LogP contribution in [0.2, 0.25) is 5.02 Å². The lowest BCUT2D eigenvalue weighted by atomic mass is 10.1. The van der Waals surface area contributed by atoms with Gasteiger partial charge in [-0.05, 0) is 47.9 Å². The van der Waals surface area contributed by atoms with Gasteiger partial charge >= 0.3 is 5.97 Å². The highest BCUT2D eigenvalue weighted by Crippen LogP contribution is 2.29. The highest BCUT2D eigenvalue weighted by atomic mass is 35.5. The first-order chi connectivity index (χ1) is 15.1. The van der Waals surface area contributed by atoms with Crippen LogP contribution < -0.4 is 0 Å². The number of hydrogen-bond acceptors (Lipinski definition) is 3. The van der Waals surface area contributed by atoms with Crippen LogP contribution in [0.25, 0.3) is 10.9 Å². The van der Waals surface area contributed by atoms with Gasteiger partial charge in [-0.25, -0.2) is 0 Å². The Hall–Kier alpha value is -3.37. The molecule has 5 heteroatoms. The van der Waals surface area contributed by atoms with Crippen molar-refractivity contribution in [2.45, 2.75) is 26.4 Å². The van der Waals surface area contributed by atoms with Crippen molar-refractivity contribution in [1.29, 1.82) is 0 Å². The number of halogens is 1. The molecule has 1 aromatic heterocycles. The van der Waals surface area contributed by atoms with E-state index in [1.807, 2.05) is 61.5 Å². The molecule has 0 fully saturated rings. The molecule has 0 spiro atoms. The van der Waals surface area contributed by atoms with E-state index in [9.17, 15) is 9.59 Å². The third-order valence-corrected chi connectivity index (χ3v) is 5.53. The quantitative estimate of drug-likeness (QED) is 0.361. The van der Waals surface area contributed by atoms with Crippen LogP contribution in [0.4, 0.5) is 0 Å². The molecule has 4 rings (SSSR count). The van der Waals surface area contributed by atoms with Crippen molar-refractivity contribution in [2.75, 3.05) is 0 Å². The van der Waals surface area contributed by atoms with Gasteiger partial charge in [0.2, 0.25) is 0 Å². The zero-order valence-electron chi connectivity index (χ0n) is 17.2. The van der Waals surface area contributed by atoms with E-state index in [2.05, 4.69) is 0 Å². The monoisotopic (exact) mass is 431 g/mol. The Balaban J connectivity index is 1.68. The maximum Gasteiger partial charge on any atom is 0.310 e. The van der Waals surface area contributed by atoms with Gasteiger partial charge in [0.25, 0.3) is 5.91 Å². The average Bonchev–Trinajstić information content (AvgIpc) is 3.11. The molecule has 4 nitrogen and oxygen atoms in total. The number of ether oxygens (including phenoxy) is 1. The molecule has 0 bridgehead atoms. The Kier molecular flexibility index (Phi) is 6.19. The first-order valence-electron chi connectivity index (χ1n) is 10.2. The molecule has 0 aliphatic carbocycles. The van der Waals surface area contributed by atoms with Crippen LogP contribution in [-0.2, 0) is 29.0 Å². The Morgan fingerprint density at radius 1 is 0.903 bits per heavy atom. The van der Waals surface area contributed by atoms with E-state index in [0.717, 1.165) is 27.7 Å². The highest BCUT2D eigenvalue weighted by molar-refractivity contribution is 6.30. The molecule has 0 aliphatic heterocycles. The average molecular weight is 432 g/mol. The summed E-state index contributed by atoms with van der Waals surface area (Å²) in [7, 11) is 0. The third kappa shape index (κ3) is 4.39. The van der Waals surface area contributed by atoms with Crippen LogP contribution >= 0.6 is 11.6 Å². The first-order valence-corrected chi connectivity index (χ1v) is 10.6. The van der Waals surface area contributed by atoms with Crippen LogP contribution in [0.3, 0.4) is 0 Å². The molecule has 1 heterocycles. The largest absolute Gasteiger partial charge is 0.461 e. The minimum absolute atomic E-state index is 0.109. The number of esters is 1. The SMILES string of the molecule is CCc1c(CC(=O)OCc2ccccc2)c2ccccc2n1C(=O)c1ccc(Cl)cc1. The maximum atomic E-state index is 13.4. The summed E-state index contributed by atoms with van der Waals surface area (Å²) in [5.41, 5.74) is 3.91. The molecule has 0 saturated heterocycles. The fraction of sp³-hybridized carbons (Fsp3) is 0.154. The van der Waals surface area contributed by atoms with Gasteiger partial charge in [0.15, 0.2) is 0 Å². The fourth-order valence-electron chi connectivity index (χ4n) is 3.82. The lowest BCUT2D eigenvalue weighted by Gasteiger charge is -2.10. The summed E-state index contributed by atoms with van der Waals surface area (Å²) < 4.78 is 7.21. The van der Waals surface area contributed by atoms with Crippen molar-refractivity contribution in [3.8, 4) is 0 Å². The van der Waals surface area contributed by atoms with Crippen molar-refractivity contribution in [1.82, 2.24) is 4.57 Å². The highest BCUT2D eigenvalue weighted by Gasteiger charge is 2.23. The van der Waals surface area contributed by atoms with Crippen molar-refractivity contribution in [2.24, 2.45) is 0 Å². The number of fused-ring (bicyclic) bond motifs is 1. The molecule has 0 aliphatic rings. The number of aromatic nitrogens is 1. The first kappa shape index (κ1) is 20.9. The molecule has 156 valence electrons. The number of para-hydroxylation sites is 1. The predicted molar refractivity (Wildman–Crippen MR) is 122 cm³/mol. The molecule has 0 N–H and O–H groups in total. The van der Waals surface area contributed by atoms with Crippen LogP contribution in [0, 0.1) is 0 Å².